The summed E-state index contributed by atoms with van der Waals surface area (Å²) in [6.45, 7) is 2.58. The Hall–Kier alpha value is -2.57. The third-order valence-corrected chi connectivity index (χ3v) is 5.42. The van der Waals surface area contributed by atoms with Crippen LogP contribution in [0.15, 0.2) is 48.7 Å². The van der Waals surface area contributed by atoms with Crippen LogP contribution in [0.3, 0.4) is 0 Å². The van der Waals surface area contributed by atoms with Gasteiger partial charge in [0.2, 0.25) is 5.91 Å². The first-order valence-corrected chi connectivity index (χ1v) is 9.80. The van der Waals surface area contributed by atoms with E-state index in [2.05, 4.69) is 32.1 Å². The third kappa shape index (κ3) is 3.98. The lowest BCUT2D eigenvalue weighted by Crippen LogP contribution is -2.26. The SMILES string of the molecule is COc1ccc(Cl)cc1NC(=O)CCN1CC[C@@H](n2ncc3ccccc32)C1. The number of benzene rings is 2. The molecule has 0 unspecified atom stereocenters. The van der Waals surface area contributed by atoms with Gasteiger partial charge in [-0.2, -0.15) is 5.10 Å². The average molecular weight is 399 g/mol. The number of likely N-dealkylation sites (tertiary alicyclic amines) is 1. The van der Waals surface area contributed by atoms with Gasteiger partial charge in [0, 0.05) is 36.5 Å². The van der Waals surface area contributed by atoms with Crippen LogP contribution in [0.4, 0.5) is 5.69 Å². The van der Waals surface area contributed by atoms with Crippen LogP contribution in [0, 0.1) is 0 Å². The number of carbonyl (C=O) groups is 1. The van der Waals surface area contributed by atoms with Gasteiger partial charge < -0.3 is 15.0 Å². The fraction of sp³-hybridized carbons (Fsp3) is 0.333. The van der Waals surface area contributed by atoms with Gasteiger partial charge >= 0.3 is 0 Å². The number of anilines is 1. The Morgan fingerprint density at radius 2 is 2.18 bits per heavy atom. The molecule has 1 saturated heterocycles. The molecule has 4 rings (SSSR count). The van der Waals surface area contributed by atoms with Crippen molar-refractivity contribution < 1.29 is 9.53 Å². The number of methoxy groups -OCH3 is 1. The van der Waals surface area contributed by atoms with Gasteiger partial charge in [-0.25, -0.2) is 0 Å². The molecule has 146 valence electrons. The minimum atomic E-state index is -0.0476. The molecule has 0 aliphatic carbocycles. The maximum Gasteiger partial charge on any atom is 0.225 e. The van der Waals surface area contributed by atoms with Crippen LogP contribution >= 0.6 is 11.6 Å². The lowest BCUT2D eigenvalue weighted by atomic mass is 10.2. The minimum absolute atomic E-state index is 0.0476. The molecule has 1 fully saturated rings. The van der Waals surface area contributed by atoms with E-state index in [0.717, 1.165) is 24.9 Å². The van der Waals surface area contributed by atoms with Crippen molar-refractivity contribution in [3.8, 4) is 5.75 Å². The first kappa shape index (κ1) is 18.8. The van der Waals surface area contributed by atoms with Gasteiger partial charge in [-0.3, -0.25) is 9.48 Å². The summed E-state index contributed by atoms with van der Waals surface area (Å²) in [6.07, 6.45) is 3.38. The Morgan fingerprint density at radius 3 is 3.04 bits per heavy atom. The molecule has 1 amide bonds. The smallest absolute Gasteiger partial charge is 0.225 e. The van der Waals surface area contributed by atoms with E-state index in [-0.39, 0.29) is 5.91 Å². The monoisotopic (exact) mass is 398 g/mol. The van der Waals surface area contributed by atoms with E-state index >= 15 is 0 Å². The first-order chi connectivity index (χ1) is 13.6. The summed E-state index contributed by atoms with van der Waals surface area (Å²) in [5, 5.41) is 9.19. The molecule has 3 aromatic rings. The molecule has 1 N–H and O–H groups in total. The zero-order valence-corrected chi connectivity index (χ0v) is 16.5. The number of halogens is 1. The number of hydrogen-bond donors (Lipinski definition) is 1. The number of fused-ring (bicyclic) bond motifs is 1. The van der Waals surface area contributed by atoms with Gasteiger partial charge in [0.25, 0.3) is 0 Å². The number of nitrogens with one attached hydrogen (secondary N) is 1. The first-order valence-electron chi connectivity index (χ1n) is 9.42. The maximum atomic E-state index is 12.4. The number of nitrogens with zero attached hydrogens (tertiary/aromatic N) is 3. The van der Waals surface area contributed by atoms with Crippen molar-refractivity contribution in [1.82, 2.24) is 14.7 Å². The number of amides is 1. The largest absolute Gasteiger partial charge is 0.495 e. The topological polar surface area (TPSA) is 59.4 Å². The van der Waals surface area contributed by atoms with Gasteiger partial charge in [-0.05, 0) is 30.7 Å². The molecule has 7 heteroatoms. The highest BCUT2D eigenvalue weighted by molar-refractivity contribution is 6.31. The Bertz CT molecular complexity index is 987. The van der Waals surface area contributed by atoms with Crippen LogP contribution in [-0.4, -0.2) is 47.3 Å². The van der Waals surface area contributed by atoms with E-state index in [9.17, 15) is 4.79 Å². The van der Waals surface area contributed by atoms with Gasteiger partial charge in [0.05, 0.1) is 30.6 Å². The van der Waals surface area contributed by atoms with Crippen LogP contribution < -0.4 is 10.1 Å². The molecule has 6 nitrogen and oxygen atoms in total. The highest BCUT2D eigenvalue weighted by Crippen LogP contribution is 2.28. The molecule has 28 heavy (non-hydrogen) atoms. The van der Waals surface area contributed by atoms with Crippen LogP contribution in [0.5, 0.6) is 5.75 Å². The van der Waals surface area contributed by atoms with Crippen LogP contribution in [0.2, 0.25) is 5.02 Å². The number of hydrogen-bond acceptors (Lipinski definition) is 4. The summed E-state index contributed by atoms with van der Waals surface area (Å²) in [5.41, 5.74) is 1.77. The normalized spacial score (nSPS) is 17.1. The van der Waals surface area contributed by atoms with Crippen molar-refractivity contribution in [2.75, 3.05) is 32.1 Å². The summed E-state index contributed by atoms with van der Waals surface area (Å²) < 4.78 is 7.39. The Kier molecular flexibility index (Phi) is 5.50. The van der Waals surface area contributed by atoms with E-state index in [0.29, 0.717) is 35.5 Å². The molecule has 1 atom stereocenters. The fourth-order valence-corrected chi connectivity index (χ4v) is 3.92. The van der Waals surface area contributed by atoms with Crippen LogP contribution in [0.1, 0.15) is 18.9 Å². The van der Waals surface area contributed by atoms with Crippen molar-refractivity contribution in [1.29, 1.82) is 0 Å². The molecule has 1 aromatic heterocycles. The van der Waals surface area contributed by atoms with E-state index in [4.69, 9.17) is 16.3 Å². The van der Waals surface area contributed by atoms with E-state index in [1.54, 1.807) is 25.3 Å². The minimum Gasteiger partial charge on any atom is -0.495 e. The summed E-state index contributed by atoms with van der Waals surface area (Å²) >= 11 is 6.02. The second-order valence-electron chi connectivity index (χ2n) is 7.03. The molecule has 0 spiro atoms. The highest BCUT2D eigenvalue weighted by atomic mass is 35.5. The molecule has 2 heterocycles. The van der Waals surface area contributed by atoms with Gasteiger partial charge in [0.1, 0.15) is 5.75 Å². The Balaban J connectivity index is 1.32. The second kappa shape index (κ2) is 8.20. The predicted molar refractivity (Wildman–Crippen MR) is 111 cm³/mol. The molecular formula is C21H23ClN4O2. The summed E-state index contributed by atoms with van der Waals surface area (Å²) in [5.74, 6) is 0.554. The molecule has 2 aromatic carbocycles. The van der Waals surface area contributed by atoms with Gasteiger partial charge in [0.15, 0.2) is 0 Å². The van der Waals surface area contributed by atoms with Crippen molar-refractivity contribution in [3.63, 3.8) is 0 Å². The predicted octanol–water partition coefficient (Wildman–Crippen LogP) is 3.97. The van der Waals surface area contributed by atoms with Gasteiger partial charge in [-0.1, -0.05) is 29.8 Å². The molecule has 1 aliphatic rings. The van der Waals surface area contributed by atoms with Crippen molar-refractivity contribution in [2.45, 2.75) is 18.9 Å². The summed E-state index contributed by atoms with van der Waals surface area (Å²) in [6, 6.07) is 13.8. The van der Waals surface area contributed by atoms with Gasteiger partial charge in [-0.15, -0.1) is 0 Å². The lowest BCUT2D eigenvalue weighted by Gasteiger charge is -2.17. The fourth-order valence-electron chi connectivity index (χ4n) is 3.75. The highest BCUT2D eigenvalue weighted by Gasteiger charge is 2.25. The number of aromatic nitrogens is 2. The molecule has 0 radical (unpaired) electrons. The van der Waals surface area contributed by atoms with E-state index in [1.165, 1.54) is 5.52 Å². The van der Waals surface area contributed by atoms with Crippen molar-refractivity contribution >= 4 is 34.1 Å². The Labute approximate surface area is 169 Å². The van der Waals surface area contributed by atoms with Crippen LogP contribution in [0.25, 0.3) is 10.9 Å². The number of ether oxygens (including phenoxy) is 1. The number of rotatable bonds is 6. The van der Waals surface area contributed by atoms with Crippen LogP contribution in [-0.2, 0) is 4.79 Å². The third-order valence-electron chi connectivity index (χ3n) is 5.19. The van der Waals surface area contributed by atoms with Crippen molar-refractivity contribution in [2.24, 2.45) is 0 Å². The number of carbonyl (C=O) groups excluding carboxylic acids is 1. The molecule has 1 aliphatic heterocycles. The molecular weight excluding hydrogens is 376 g/mol. The second-order valence-corrected chi connectivity index (χ2v) is 7.47. The summed E-state index contributed by atoms with van der Waals surface area (Å²) in [4.78, 5) is 14.7. The zero-order valence-electron chi connectivity index (χ0n) is 15.8. The summed E-state index contributed by atoms with van der Waals surface area (Å²) in [7, 11) is 1.57. The Morgan fingerprint density at radius 1 is 1.32 bits per heavy atom. The van der Waals surface area contributed by atoms with Crippen molar-refractivity contribution in [3.05, 3.63) is 53.7 Å². The van der Waals surface area contributed by atoms with E-state index < -0.39 is 0 Å². The zero-order chi connectivity index (χ0) is 19.5. The number of para-hydroxylation sites is 1. The molecule has 0 saturated carbocycles. The van der Waals surface area contributed by atoms with E-state index in [1.807, 2.05) is 18.3 Å². The lowest BCUT2D eigenvalue weighted by molar-refractivity contribution is -0.116. The molecule has 0 bridgehead atoms. The average Bonchev–Trinajstić information content (AvgIpc) is 3.33. The quantitative estimate of drug-likeness (QED) is 0.682. The standard InChI is InChI=1S/C21H23ClN4O2/c1-28-20-7-6-16(22)12-18(20)24-21(27)9-11-25-10-8-17(14-25)26-19-5-3-2-4-15(19)13-23-26/h2-7,12-13,17H,8-11,14H2,1H3,(H,24,27)/t17-/m1/s1. The maximum absolute atomic E-state index is 12.4.